The molecular formula is C36H40ClN3O6S. The zero-order valence-electron chi connectivity index (χ0n) is 26.8. The van der Waals surface area contributed by atoms with E-state index in [-0.39, 0.29) is 35.2 Å². The Morgan fingerprint density at radius 3 is 2.17 bits per heavy atom. The second-order valence-corrected chi connectivity index (χ2v) is 13.2. The molecule has 0 aliphatic heterocycles. The van der Waals surface area contributed by atoms with Crippen LogP contribution in [-0.2, 0) is 32.6 Å². The number of methoxy groups -OCH3 is 2. The molecule has 0 spiro atoms. The van der Waals surface area contributed by atoms with Crippen LogP contribution in [0.2, 0.25) is 5.02 Å². The lowest BCUT2D eigenvalue weighted by Crippen LogP contribution is -2.53. The van der Waals surface area contributed by atoms with Gasteiger partial charge < -0.3 is 19.7 Å². The van der Waals surface area contributed by atoms with Crippen LogP contribution in [0.25, 0.3) is 0 Å². The van der Waals surface area contributed by atoms with Crippen LogP contribution in [0.15, 0.2) is 108 Å². The molecule has 0 saturated heterocycles. The summed E-state index contributed by atoms with van der Waals surface area (Å²) in [5.74, 6) is -0.345. The van der Waals surface area contributed by atoms with Gasteiger partial charge in [0.05, 0.1) is 24.8 Å². The Morgan fingerprint density at radius 1 is 0.851 bits per heavy atom. The third-order valence-electron chi connectivity index (χ3n) is 7.61. The number of amides is 2. The second-order valence-electron chi connectivity index (χ2n) is 10.9. The fourth-order valence-corrected chi connectivity index (χ4v) is 6.77. The molecule has 0 saturated carbocycles. The van der Waals surface area contributed by atoms with Crippen molar-refractivity contribution in [1.82, 2.24) is 10.2 Å². The number of carbonyl (C=O) groups excluding carboxylic acids is 2. The average Bonchev–Trinajstić information content (AvgIpc) is 3.09. The van der Waals surface area contributed by atoms with Gasteiger partial charge in [-0.15, -0.1) is 0 Å². The highest BCUT2D eigenvalue weighted by Crippen LogP contribution is 2.36. The van der Waals surface area contributed by atoms with Gasteiger partial charge in [-0.3, -0.25) is 13.9 Å². The Morgan fingerprint density at radius 2 is 1.53 bits per heavy atom. The molecule has 0 heterocycles. The molecule has 0 unspecified atom stereocenters. The summed E-state index contributed by atoms with van der Waals surface area (Å²) in [6.45, 7) is 1.84. The fourth-order valence-electron chi connectivity index (χ4n) is 5.12. The van der Waals surface area contributed by atoms with E-state index in [1.54, 1.807) is 48.5 Å². The minimum absolute atomic E-state index is 0.00651. The van der Waals surface area contributed by atoms with Gasteiger partial charge in [-0.2, -0.15) is 0 Å². The first-order valence-electron chi connectivity index (χ1n) is 15.3. The number of sulfonamides is 1. The van der Waals surface area contributed by atoms with Gasteiger partial charge >= 0.3 is 0 Å². The molecule has 9 nitrogen and oxygen atoms in total. The molecule has 0 aliphatic carbocycles. The summed E-state index contributed by atoms with van der Waals surface area (Å²) in [5.41, 5.74) is 1.63. The monoisotopic (exact) mass is 677 g/mol. The van der Waals surface area contributed by atoms with Gasteiger partial charge in [0.15, 0.2) is 0 Å². The fraction of sp³-hybridized carbons (Fsp3) is 0.278. The van der Waals surface area contributed by atoms with Crippen molar-refractivity contribution in [2.45, 2.75) is 43.7 Å². The van der Waals surface area contributed by atoms with E-state index in [1.807, 2.05) is 43.3 Å². The van der Waals surface area contributed by atoms with Crippen LogP contribution >= 0.6 is 11.6 Å². The molecule has 2 amide bonds. The lowest BCUT2D eigenvalue weighted by atomic mass is 10.0. The Kier molecular flexibility index (Phi) is 12.7. The van der Waals surface area contributed by atoms with Gasteiger partial charge in [0.25, 0.3) is 10.0 Å². The Labute approximate surface area is 282 Å². The molecule has 11 heteroatoms. The minimum Gasteiger partial charge on any atom is -0.497 e. The summed E-state index contributed by atoms with van der Waals surface area (Å²) in [5, 5.41) is 3.45. The number of carbonyl (C=O) groups is 2. The van der Waals surface area contributed by atoms with Crippen LogP contribution in [-0.4, -0.2) is 58.5 Å². The van der Waals surface area contributed by atoms with Gasteiger partial charge in [-0.25, -0.2) is 8.42 Å². The number of benzene rings is 4. The van der Waals surface area contributed by atoms with Crippen LogP contribution in [0, 0.1) is 0 Å². The van der Waals surface area contributed by atoms with Crippen LogP contribution in [0.3, 0.4) is 0 Å². The summed E-state index contributed by atoms with van der Waals surface area (Å²) in [7, 11) is -1.43. The molecule has 1 N–H and O–H groups in total. The van der Waals surface area contributed by atoms with E-state index < -0.39 is 28.5 Å². The molecule has 0 aliphatic rings. The van der Waals surface area contributed by atoms with Gasteiger partial charge in [0.2, 0.25) is 11.8 Å². The molecule has 0 aromatic heterocycles. The third kappa shape index (κ3) is 9.27. The van der Waals surface area contributed by atoms with Gasteiger partial charge in [0, 0.05) is 30.6 Å². The molecule has 0 fully saturated rings. The first-order valence-corrected chi connectivity index (χ1v) is 17.1. The van der Waals surface area contributed by atoms with Crippen LogP contribution in [0.5, 0.6) is 11.5 Å². The van der Waals surface area contributed by atoms with Gasteiger partial charge in [-0.1, -0.05) is 85.6 Å². The topological polar surface area (TPSA) is 105 Å². The number of ether oxygens (including phenoxy) is 2. The predicted octanol–water partition coefficient (Wildman–Crippen LogP) is 6.11. The van der Waals surface area contributed by atoms with E-state index in [0.717, 1.165) is 22.7 Å². The highest BCUT2D eigenvalue weighted by Gasteiger charge is 2.35. The standard InChI is InChI=1S/C36H40ClN3O6S/c1-4-5-21-38-36(42)33(23-27-13-8-6-9-14-27)39(25-28-15-12-16-29(37)22-28)35(41)26-40(47(43,44)31-17-10-7-11-18-31)32-24-30(45-2)19-20-34(32)46-3/h6-20,22,24,33H,4-5,21,23,25-26H2,1-3H3,(H,38,42)/t33-/m1/s1. The maximum atomic E-state index is 14.6. The first kappa shape index (κ1) is 35.3. The summed E-state index contributed by atoms with van der Waals surface area (Å²) in [6, 6.07) is 28.0. The molecule has 0 radical (unpaired) electrons. The van der Waals surface area contributed by atoms with E-state index in [1.165, 1.54) is 37.3 Å². The quantitative estimate of drug-likeness (QED) is 0.144. The number of rotatable bonds is 16. The number of nitrogens with zero attached hydrogens (tertiary/aromatic N) is 2. The van der Waals surface area contributed by atoms with Crippen molar-refractivity contribution >= 4 is 39.1 Å². The number of halogens is 1. The molecule has 47 heavy (non-hydrogen) atoms. The zero-order valence-corrected chi connectivity index (χ0v) is 28.3. The van der Waals surface area contributed by atoms with Gasteiger partial charge in [0.1, 0.15) is 24.1 Å². The maximum absolute atomic E-state index is 14.6. The molecule has 1 atom stereocenters. The molecule has 4 rings (SSSR count). The Balaban J connectivity index is 1.84. The summed E-state index contributed by atoms with van der Waals surface area (Å²) in [4.78, 5) is 29.9. The number of unbranched alkanes of at least 4 members (excludes halogenated alkanes) is 1. The largest absolute Gasteiger partial charge is 0.497 e. The van der Waals surface area contributed by atoms with Crippen LogP contribution in [0.1, 0.15) is 30.9 Å². The molecule has 4 aromatic carbocycles. The number of anilines is 1. The Bertz CT molecular complexity index is 1740. The number of hydrogen-bond acceptors (Lipinski definition) is 6. The van der Waals surface area contributed by atoms with E-state index in [9.17, 15) is 18.0 Å². The maximum Gasteiger partial charge on any atom is 0.264 e. The predicted molar refractivity (Wildman–Crippen MR) is 184 cm³/mol. The summed E-state index contributed by atoms with van der Waals surface area (Å²) < 4.78 is 40.6. The van der Waals surface area contributed by atoms with Crippen molar-refractivity contribution in [2.75, 3.05) is 31.6 Å². The van der Waals surface area contributed by atoms with Crippen molar-refractivity contribution in [3.63, 3.8) is 0 Å². The molecule has 0 bridgehead atoms. The van der Waals surface area contributed by atoms with Crippen molar-refractivity contribution in [2.24, 2.45) is 0 Å². The van der Waals surface area contributed by atoms with E-state index in [4.69, 9.17) is 21.1 Å². The van der Waals surface area contributed by atoms with E-state index in [0.29, 0.717) is 22.9 Å². The highest BCUT2D eigenvalue weighted by atomic mass is 35.5. The summed E-state index contributed by atoms with van der Waals surface area (Å²) in [6.07, 6.45) is 1.85. The van der Waals surface area contributed by atoms with E-state index >= 15 is 0 Å². The third-order valence-corrected chi connectivity index (χ3v) is 9.62. The van der Waals surface area contributed by atoms with Crippen LogP contribution in [0.4, 0.5) is 5.69 Å². The van der Waals surface area contributed by atoms with Gasteiger partial charge in [-0.05, 0) is 53.9 Å². The smallest absolute Gasteiger partial charge is 0.264 e. The minimum atomic E-state index is -4.31. The lowest BCUT2D eigenvalue weighted by molar-refractivity contribution is -0.140. The average molecular weight is 678 g/mol. The Hall–Kier alpha value is -4.54. The zero-order chi connectivity index (χ0) is 33.8. The molecule has 248 valence electrons. The van der Waals surface area contributed by atoms with Crippen molar-refractivity contribution in [3.8, 4) is 11.5 Å². The van der Waals surface area contributed by atoms with E-state index in [2.05, 4.69) is 5.32 Å². The van der Waals surface area contributed by atoms with Crippen molar-refractivity contribution < 1.29 is 27.5 Å². The normalized spacial score (nSPS) is 11.7. The number of hydrogen-bond donors (Lipinski definition) is 1. The molecule has 4 aromatic rings. The first-order chi connectivity index (χ1) is 22.7. The number of nitrogens with one attached hydrogen (secondary N) is 1. The van der Waals surface area contributed by atoms with Crippen molar-refractivity contribution in [1.29, 1.82) is 0 Å². The lowest BCUT2D eigenvalue weighted by Gasteiger charge is -2.34. The van der Waals surface area contributed by atoms with Crippen LogP contribution < -0.4 is 19.1 Å². The molecular weight excluding hydrogens is 638 g/mol. The summed E-state index contributed by atoms with van der Waals surface area (Å²) >= 11 is 6.32. The van der Waals surface area contributed by atoms with Crippen molar-refractivity contribution in [3.05, 3.63) is 119 Å². The second kappa shape index (κ2) is 16.9. The SMILES string of the molecule is CCCCNC(=O)[C@@H](Cc1ccccc1)N(Cc1cccc(Cl)c1)C(=O)CN(c1cc(OC)ccc1OC)S(=O)(=O)c1ccccc1. The highest BCUT2D eigenvalue weighted by molar-refractivity contribution is 7.92.